The summed E-state index contributed by atoms with van der Waals surface area (Å²) in [4.78, 5) is 6.54. The van der Waals surface area contributed by atoms with Gasteiger partial charge in [0, 0.05) is 42.0 Å². The van der Waals surface area contributed by atoms with Gasteiger partial charge in [0.1, 0.15) is 5.82 Å². The monoisotopic (exact) mass is 273 g/mol. The zero-order valence-corrected chi connectivity index (χ0v) is 11.9. The predicted octanol–water partition coefficient (Wildman–Crippen LogP) is 2.86. The van der Waals surface area contributed by atoms with Crippen molar-refractivity contribution in [2.45, 2.75) is 26.3 Å². The molecule has 3 nitrogen and oxygen atoms in total. The molecule has 0 radical (unpaired) electrons. The highest BCUT2D eigenvalue weighted by molar-refractivity contribution is 5.94. The molecule has 2 aromatic rings. The van der Waals surface area contributed by atoms with E-state index in [2.05, 4.69) is 16.8 Å². The predicted molar refractivity (Wildman–Crippen MR) is 80.4 cm³/mol. The molecule has 20 heavy (non-hydrogen) atoms. The number of nitrogens with zero attached hydrogens (tertiary/aromatic N) is 2. The van der Waals surface area contributed by atoms with Gasteiger partial charge in [-0.05, 0) is 37.5 Å². The summed E-state index contributed by atoms with van der Waals surface area (Å²) in [5.74, 6) is 0.327. The molecule has 0 amide bonds. The number of pyridine rings is 1. The molecule has 106 valence electrons. The highest BCUT2D eigenvalue weighted by Gasteiger charge is 2.24. The lowest BCUT2D eigenvalue weighted by atomic mass is 9.95. The fraction of sp³-hybridized carbons (Fsp3) is 0.438. The van der Waals surface area contributed by atoms with E-state index >= 15 is 0 Å². The minimum atomic E-state index is -0.196. The topological polar surface area (TPSA) is 42.1 Å². The standard InChI is InChI=1S/C16H20FN3/c1-10-6-12(18)9-20(8-10)15-7-14(17)11(2)16-13(15)4-3-5-19-16/h3-5,7,10,12H,6,8-9,18H2,1-2H3/t10-,12?/m0/s1. The Balaban J connectivity index is 2.13. The highest BCUT2D eigenvalue weighted by Crippen LogP contribution is 2.32. The molecular weight excluding hydrogens is 253 g/mol. The van der Waals surface area contributed by atoms with E-state index in [1.807, 2.05) is 12.1 Å². The summed E-state index contributed by atoms with van der Waals surface area (Å²) < 4.78 is 14.2. The summed E-state index contributed by atoms with van der Waals surface area (Å²) in [7, 11) is 0. The molecular formula is C16H20FN3. The molecule has 0 spiro atoms. The lowest BCUT2D eigenvalue weighted by molar-refractivity contribution is 0.402. The lowest BCUT2D eigenvalue weighted by Gasteiger charge is -2.37. The summed E-state index contributed by atoms with van der Waals surface area (Å²) in [5, 5.41) is 1.01. The van der Waals surface area contributed by atoms with Crippen molar-refractivity contribution in [1.29, 1.82) is 0 Å². The first kappa shape index (κ1) is 13.3. The van der Waals surface area contributed by atoms with E-state index in [4.69, 9.17) is 5.73 Å². The Bertz CT molecular complexity index is 631. The number of aromatic nitrogens is 1. The third kappa shape index (κ3) is 2.24. The van der Waals surface area contributed by atoms with Crippen molar-refractivity contribution in [1.82, 2.24) is 4.98 Å². The van der Waals surface area contributed by atoms with Crippen LogP contribution in [0, 0.1) is 18.7 Å². The number of halogens is 1. The Hall–Kier alpha value is -1.68. The van der Waals surface area contributed by atoms with Crippen molar-refractivity contribution in [2.24, 2.45) is 11.7 Å². The average molecular weight is 273 g/mol. The molecule has 1 saturated heterocycles. The minimum Gasteiger partial charge on any atom is -0.369 e. The first-order valence-electron chi connectivity index (χ1n) is 7.10. The number of fused-ring (bicyclic) bond motifs is 1. The number of hydrogen-bond acceptors (Lipinski definition) is 3. The van der Waals surface area contributed by atoms with Crippen molar-refractivity contribution >= 4 is 16.6 Å². The van der Waals surface area contributed by atoms with Gasteiger partial charge in [-0.1, -0.05) is 6.92 Å². The van der Waals surface area contributed by atoms with Gasteiger partial charge < -0.3 is 10.6 Å². The molecule has 1 unspecified atom stereocenters. The molecule has 2 atom stereocenters. The fourth-order valence-electron chi connectivity index (χ4n) is 3.19. The van der Waals surface area contributed by atoms with E-state index in [9.17, 15) is 4.39 Å². The Morgan fingerprint density at radius 3 is 2.95 bits per heavy atom. The number of anilines is 1. The quantitative estimate of drug-likeness (QED) is 0.868. The lowest BCUT2D eigenvalue weighted by Crippen LogP contribution is -2.46. The van der Waals surface area contributed by atoms with Crippen LogP contribution in [0.1, 0.15) is 18.9 Å². The smallest absolute Gasteiger partial charge is 0.130 e. The van der Waals surface area contributed by atoms with Crippen LogP contribution in [-0.2, 0) is 0 Å². The molecule has 0 aliphatic carbocycles. The van der Waals surface area contributed by atoms with E-state index in [1.54, 1.807) is 19.2 Å². The minimum absolute atomic E-state index is 0.148. The van der Waals surface area contributed by atoms with E-state index in [-0.39, 0.29) is 11.9 Å². The van der Waals surface area contributed by atoms with E-state index < -0.39 is 0 Å². The average Bonchev–Trinajstić information content (AvgIpc) is 2.42. The van der Waals surface area contributed by atoms with E-state index in [0.29, 0.717) is 11.5 Å². The van der Waals surface area contributed by atoms with Gasteiger partial charge in [0.25, 0.3) is 0 Å². The van der Waals surface area contributed by atoms with Crippen LogP contribution in [0.3, 0.4) is 0 Å². The maximum absolute atomic E-state index is 14.2. The van der Waals surface area contributed by atoms with Crippen LogP contribution >= 0.6 is 0 Å². The molecule has 0 saturated carbocycles. The van der Waals surface area contributed by atoms with Gasteiger partial charge in [-0.3, -0.25) is 4.98 Å². The zero-order valence-electron chi connectivity index (χ0n) is 11.9. The number of piperidine rings is 1. The number of aryl methyl sites for hydroxylation is 1. The van der Waals surface area contributed by atoms with E-state index in [0.717, 1.165) is 36.1 Å². The number of nitrogens with two attached hydrogens (primary N) is 1. The van der Waals surface area contributed by atoms with Crippen LogP contribution in [0.15, 0.2) is 24.4 Å². The summed E-state index contributed by atoms with van der Waals surface area (Å²) in [6.45, 7) is 5.66. The first-order valence-corrected chi connectivity index (χ1v) is 7.10. The van der Waals surface area contributed by atoms with Crippen molar-refractivity contribution in [3.63, 3.8) is 0 Å². The second-order valence-corrected chi connectivity index (χ2v) is 5.91. The third-order valence-corrected chi connectivity index (χ3v) is 4.09. The Morgan fingerprint density at radius 2 is 2.20 bits per heavy atom. The number of rotatable bonds is 1. The second kappa shape index (κ2) is 5.02. The molecule has 1 aliphatic rings. The molecule has 4 heteroatoms. The maximum Gasteiger partial charge on any atom is 0.130 e. The number of hydrogen-bond donors (Lipinski definition) is 1. The normalized spacial score (nSPS) is 23.3. The SMILES string of the molecule is Cc1c(F)cc(N2CC(N)C[C@H](C)C2)c2cccnc12. The van der Waals surface area contributed by atoms with Crippen LogP contribution in [0.2, 0.25) is 0 Å². The molecule has 2 heterocycles. The fourth-order valence-corrected chi connectivity index (χ4v) is 3.19. The van der Waals surface area contributed by atoms with E-state index in [1.165, 1.54) is 0 Å². The Labute approximate surface area is 118 Å². The zero-order chi connectivity index (χ0) is 14.3. The molecule has 0 bridgehead atoms. The summed E-state index contributed by atoms with van der Waals surface area (Å²) in [6.07, 6.45) is 2.74. The molecule has 1 fully saturated rings. The largest absolute Gasteiger partial charge is 0.369 e. The Kier molecular flexibility index (Phi) is 3.34. The van der Waals surface area contributed by atoms with Gasteiger partial charge in [-0.2, -0.15) is 0 Å². The van der Waals surface area contributed by atoms with Crippen LogP contribution in [-0.4, -0.2) is 24.1 Å². The third-order valence-electron chi connectivity index (χ3n) is 4.09. The summed E-state index contributed by atoms with van der Waals surface area (Å²) in [5.41, 5.74) is 8.38. The van der Waals surface area contributed by atoms with Crippen LogP contribution in [0.4, 0.5) is 10.1 Å². The van der Waals surface area contributed by atoms with Gasteiger partial charge in [0.15, 0.2) is 0 Å². The molecule has 2 N–H and O–H groups in total. The van der Waals surface area contributed by atoms with Crippen molar-refractivity contribution in [3.8, 4) is 0 Å². The van der Waals surface area contributed by atoms with Gasteiger partial charge in [0.2, 0.25) is 0 Å². The van der Waals surface area contributed by atoms with Crippen LogP contribution in [0.5, 0.6) is 0 Å². The maximum atomic E-state index is 14.2. The van der Waals surface area contributed by atoms with Crippen LogP contribution in [0.25, 0.3) is 10.9 Å². The van der Waals surface area contributed by atoms with Crippen molar-refractivity contribution < 1.29 is 4.39 Å². The highest BCUT2D eigenvalue weighted by atomic mass is 19.1. The van der Waals surface area contributed by atoms with Crippen LogP contribution < -0.4 is 10.6 Å². The molecule has 1 aliphatic heterocycles. The summed E-state index contributed by atoms with van der Waals surface area (Å²) >= 11 is 0. The van der Waals surface area contributed by atoms with Gasteiger partial charge in [-0.25, -0.2) is 4.39 Å². The van der Waals surface area contributed by atoms with Gasteiger partial charge in [0.05, 0.1) is 5.52 Å². The van der Waals surface area contributed by atoms with Gasteiger partial charge in [-0.15, -0.1) is 0 Å². The molecule has 1 aromatic heterocycles. The first-order chi connectivity index (χ1) is 9.56. The van der Waals surface area contributed by atoms with Crippen molar-refractivity contribution in [2.75, 3.05) is 18.0 Å². The van der Waals surface area contributed by atoms with Crippen molar-refractivity contribution in [3.05, 3.63) is 35.8 Å². The Morgan fingerprint density at radius 1 is 1.40 bits per heavy atom. The number of benzene rings is 1. The second-order valence-electron chi connectivity index (χ2n) is 5.91. The summed E-state index contributed by atoms with van der Waals surface area (Å²) in [6, 6.07) is 5.69. The molecule has 1 aromatic carbocycles. The molecule has 3 rings (SSSR count). The van der Waals surface area contributed by atoms with Gasteiger partial charge >= 0.3 is 0 Å².